The minimum absolute atomic E-state index is 0.0477. The molecule has 0 aromatic carbocycles. The molecule has 0 unspecified atom stereocenters. The van der Waals surface area contributed by atoms with Gasteiger partial charge in [-0.3, -0.25) is 9.69 Å². The Morgan fingerprint density at radius 2 is 1.85 bits per heavy atom. The van der Waals surface area contributed by atoms with Crippen molar-refractivity contribution in [3.8, 4) is 0 Å². The molecule has 4 aliphatic rings. The number of piperazine rings is 1. The Kier molecular flexibility index (Phi) is 12.3. The van der Waals surface area contributed by atoms with Gasteiger partial charge in [-0.2, -0.15) is 0 Å². The Morgan fingerprint density at radius 3 is 2.52 bits per heavy atom. The minimum atomic E-state index is -1.47. The average Bonchev–Trinajstić information content (AvgIpc) is 3.46. The number of ether oxygens (including phenoxy) is 4. The Hall–Kier alpha value is -2.93. The van der Waals surface area contributed by atoms with Crippen LogP contribution in [0.25, 0.3) is 0 Å². The molecule has 4 aliphatic heterocycles. The normalized spacial score (nSPS) is 32.7. The van der Waals surface area contributed by atoms with Gasteiger partial charge >= 0.3 is 18.2 Å². The number of aliphatic hydroxyl groups is 2. The summed E-state index contributed by atoms with van der Waals surface area (Å²) in [7, 11) is 2.00. The number of hydrogen-bond acceptors (Lipinski definition) is 10. The van der Waals surface area contributed by atoms with Crippen molar-refractivity contribution in [3.05, 3.63) is 36.0 Å². The molecule has 3 fully saturated rings. The van der Waals surface area contributed by atoms with Crippen LogP contribution in [0, 0.1) is 11.8 Å². The van der Waals surface area contributed by atoms with E-state index in [4.69, 9.17) is 18.9 Å². The zero-order valence-electron chi connectivity index (χ0n) is 28.1. The van der Waals surface area contributed by atoms with E-state index >= 15 is 0 Å². The molecule has 1 spiro atoms. The topological polar surface area (TPSA) is 138 Å². The van der Waals surface area contributed by atoms with E-state index in [2.05, 4.69) is 4.90 Å². The van der Waals surface area contributed by atoms with Gasteiger partial charge in [0.15, 0.2) is 6.10 Å². The van der Waals surface area contributed by atoms with Crippen LogP contribution in [0.5, 0.6) is 0 Å². The Morgan fingerprint density at radius 1 is 1.13 bits per heavy atom. The fourth-order valence-electron chi connectivity index (χ4n) is 6.31. The Bertz CT molecular complexity index is 1160. The summed E-state index contributed by atoms with van der Waals surface area (Å²) in [6.07, 6.45) is 7.57. The number of likely N-dealkylation sites (tertiary alicyclic amines) is 1. The van der Waals surface area contributed by atoms with E-state index in [0.717, 1.165) is 31.5 Å². The molecule has 4 rings (SSSR count). The summed E-state index contributed by atoms with van der Waals surface area (Å²) in [4.78, 5) is 44.1. The van der Waals surface area contributed by atoms with Crippen molar-refractivity contribution < 1.29 is 43.5 Å². The van der Waals surface area contributed by atoms with Gasteiger partial charge in [0.2, 0.25) is 0 Å². The second kappa shape index (κ2) is 15.8. The van der Waals surface area contributed by atoms with Crippen LogP contribution >= 0.6 is 0 Å². The van der Waals surface area contributed by atoms with E-state index in [9.17, 15) is 24.6 Å². The van der Waals surface area contributed by atoms with Gasteiger partial charge in [0, 0.05) is 44.6 Å². The standard InChI is InChI=1S/C34H53N3O9/c1-24(21-44-32(41)37-15-7-13-34(37)22-43-23-34)8-6-9-25(2)30-26(3)10-11-28(45-31(40)36-18-16-35(5)17-19-36)33(4,42)14-12-27(38)20-29(39)46-30/h6,8-11,24,26-28,30,38,42H,7,12-23H2,1-5H3/b8-6+,11-10-,25-9+/t24-,26+,27-,28+,30-,33-/m1/s1. The van der Waals surface area contributed by atoms with E-state index in [-0.39, 0.29) is 49.3 Å². The molecule has 12 heteroatoms. The first kappa shape index (κ1) is 35.9. The minimum Gasteiger partial charge on any atom is -0.457 e. The highest BCUT2D eigenvalue weighted by Gasteiger charge is 2.50. The van der Waals surface area contributed by atoms with Crippen molar-refractivity contribution in [2.45, 2.75) is 89.3 Å². The second-order valence-electron chi connectivity index (χ2n) is 13.8. The highest BCUT2D eigenvalue weighted by atomic mass is 16.6. The van der Waals surface area contributed by atoms with Gasteiger partial charge in [0.05, 0.1) is 37.9 Å². The molecule has 258 valence electrons. The number of hydrogen-bond donors (Lipinski definition) is 2. The highest BCUT2D eigenvalue weighted by Crippen LogP contribution is 2.36. The van der Waals surface area contributed by atoms with Gasteiger partial charge in [0.25, 0.3) is 0 Å². The van der Waals surface area contributed by atoms with Crippen molar-refractivity contribution in [2.24, 2.45) is 11.8 Å². The third-order valence-corrected chi connectivity index (χ3v) is 9.59. The van der Waals surface area contributed by atoms with Crippen LogP contribution in [0.4, 0.5) is 9.59 Å². The molecule has 0 saturated carbocycles. The van der Waals surface area contributed by atoms with Crippen LogP contribution < -0.4 is 0 Å². The number of likely N-dealkylation sites (N-methyl/N-ethyl adjacent to an activating group) is 1. The second-order valence-corrected chi connectivity index (χ2v) is 13.8. The third-order valence-electron chi connectivity index (χ3n) is 9.59. The Labute approximate surface area is 272 Å². The fraction of sp³-hybridized carbons (Fsp3) is 0.735. The largest absolute Gasteiger partial charge is 0.457 e. The zero-order chi connectivity index (χ0) is 33.5. The third kappa shape index (κ3) is 9.33. The maximum atomic E-state index is 13.0. The summed E-state index contributed by atoms with van der Waals surface area (Å²) in [5.41, 5.74) is -0.893. The summed E-state index contributed by atoms with van der Waals surface area (Å²) in [6.45, 7) is 11.9. The highest BCUT2D eigenvalue weighted by molar-refractivity contribution is 5.71. The molecule has 6 atom stereocenters. The molecular formula is C34H53N3O9. The lowest BCUT2D eigenvalue weighted by Crippen LogP contribution is -2.60. The van der Waals surface area contributed by atoms with Gasteiger partial charge in [-0.05, 0) is 58.2 Å². The SMILES string of the molecule is C/C(=C\C=C\[C@@H](C)COC(=O)N1CCCC12COC2)[C@H]1OC(=O)C[C@H](O)CC[C@@](C)(O)[C@@H](OC(=O)N2CCN(C)CC2)/C=C\[C@@H]1C. The molecular weight excluding hydrogens is 594 g/mol. The van der Waals surface area contributed by atoms with Crippen LogP contribution in [0.3, 0.4) is 0 Å². The molecule has 0 radical (unpaired) electrons. The van der Waals surface area contributed by atoms with Crippen molar-refractivity contribution >= 4 is 18.2 Å². The van der Waals surface area contributed by atoms with Crippen molar-refractivity contribution in [1.29, 1.82) is 0 Å². The van der Waals surface area contributed by atoms with Crippen molar-refractivity contribution in [3.63, 3.8) is 0 Å². The van der Waals surface area contributed by atoms with Gasteiger partial charge < -0.3 is 39.0 Å². The average molecular weight is 648 g/mol. The lowest BCUT2D eigenvalue weighted by atomic mass is 9.89. The maximum Gasteiger partial charge on any atom is 0.410 e. The Balaban J connectivity index is 1.41. The number of carbonyl (C=O) groups excluding carboxylic acids is 3. The summed E-state index contributed by atoms with van der Waals surface area (Å²) in [5.74, 6) is -0.925. The van der Waals surface area contributed by atoms with E-state index in [1.807, 2.05) is 46.0 Å². The van der Waals surface area contributed by atoms with E-state index in [0.29, 0.717) is 32.8 Å². The monoisotopic (exact) mass is 647 g/mol. The van der Waals surface area contributed by atoms with E-state index in [1.54, 1.807) is 28.9 Å². The van der Waals surface area contributed by atoms with Crippen molar-refractivity contribution in [1.82, 2.24) is 14.7 Å². The first-order valence-corrected chi connectivity index (χ1v) is 16.6. The van der Waals surface area contributed by atoms with Crippen LogP contribution in [-0.4, -0.2) is 132 Å². The summed E-state index contributed by atoms with van der Waals surface area (Å²) in [5, 5.41) is 21.9. The molecule has 46 heavy (non-hydrogen) atoms. The quantitative estimate of drug-likeness (QED) is 0.191. The molecule has 2 amide bonds. The molecule has 0 aliphatic carbocycles. The van der Waals surface area contributed by atoms with E-state index in [1.165, 1.54) is 0 Å². The van der Waals surface area contributed by atoms with Crippen LogP contribution in [0.2, 0.25) is 0 Å². The molecule has 4 heterocycles. The maximum absolute atomic E-state index is 13.0. The molecule has 0 aromatic heterocycles. The fourth-order valence-corrected chi connectivity index (χ4v) is 6.31. The number of rotatable bonds is 6. The van der Waals surface area contributed by atoms with Crippen LogP contribution in [-0.2, 0) is 23.7 Å². The number of cyclic esters (lactones) is 1. The molecule has 0 bridgehead atoms. The first-order chi connectivity index (χ1) is 21.8. The molecule has 3 saturated heterocycles. The molecule has 2 N–H and O–H groups in total. The smallest absolute Gasteiger partial charge is 0.410 e. The zero-order valence-corrected chi connectivity index (χ0v) is 28.1. The number of allylic oxidation sites excluding steroid dienone is 2. The first-order valence-electron chi connectivity index (χ1n) is 16.6. The number of nitrogens with zero attached hydrogens (tertiary/aromatic N) is 3. The number of esters is 1. The van der Waals surface area contributed by atoms with Crippen molar-refractivity contribution in [2.75, 3.05) is 59.6 Å². The van der Waals surface area contributed by atoms with E-state index < -0.39 is 36.0 Å². The van der Waals surface area contributed by atoms with Gasteiger partial charge in [-0.25, -0.2) is 9.59 Å². The predicted octanol–water partition coefficient (Wildman–Crippen LogP) is 3.28. The lowest BCUT2D eigenvalue weighted by Gasteiger charge is -2.44. The summed E-state index contributed by atoms with van der Waals surface area (Å²) < 4.78 is 22.7. The summed E-state index contributed by atoms with van der Waals surface area (Å²) >= 11 is 0. The number of aliphatic hydroxyl groups excluding tert-OH is 1. The number of carbonyl (C=O) groups is 3. The van der Waals surface area contributed by atoms with Crippen LogP contribution in [0.15, 0.2) is 36.0 Å². The van der Waals surface area contributed by atoms with Gasteiger partial charge in [0.1, 0.15) is 11.7 Å². The lowest BCUT2D eigenvalue weighted by molar-refractivity contribution is -0.151. The predicted molar refractivity (Wildman–Crippen MR) is 171 cm³/mol. The molecule has 12 nitrogen and oxygen atoms in total. The number of amides is 2. The van der Waals surface area contributed by atoms with Crippen LogP contribution in [0.1, 0.15) is 59.8 Å². The van der Waals surface area contributed by atoms with Gasteiger partial charge in [-0.1, -0.05) is 38.2 Å². The summed E-state index contributed by atoms with van der Waals surface area (Å²) in [6, 6.07) is 0. The van der Waals surface area contributed by atoms with Gasteiger partial charge in [-0.15, -0.1) is 0 Å². The molecule has 0 aromatic rings.